The van der Waals surface area contributed by atoms with Gasteiger partial charge in [-0.3, -0.25) is 4.98 Å². The SMILES string of the molecule is O=C(O)c1ccncc1NC[C@@H]1CCCc2cc(NCc3ccc4occc4c3)ccc21. The topological polar surface area (TPSA) is 87.4 Å². The number of furan rings is 1. The quantitative estimate of drug-likeness (QED) is 0.352. The third-order valence-corrected chi connectivity index (χ3v) is 6.19. The highest BCUT2D eigenvalue weighted by Gasteiger charge is 2.21. The molecule has 3 N–H and O–H groups in total. The van der Waals surface area contributed by atoms with E-state index in [1.807, 2.05) is 12.1 Å². The number of hydrogen-bond acceptors (Lipinski definition) is 5. The number of nitrogens with zero attached hydrogens (tertiary/aromatic N) is 1. The van der Waals surface area contributed by atoms with Crippen molar-refractivity contribution in [1.29, 1.82) is 0 Å². The number of carbonyl (C=O) groups is 1. The Labute approximate surface area is 186 Å². The average molecular weight is 428 g/mol. The third kappa shape index (κ3) is 4.17. The van der Waals surface area contributed by atoms with Gasteiger partial charge >= 0.3 is 5.97 Å². The molecule has 0 aliphatic heterocycles. The molecule has 5 rings (SSSR count). The van der Waals surface area contributed by atoms with E-state index >= 15 is 0 Å². The number of aromatic carboxylic acids is 1. The van der Waals surface area contributed by atoms with Crippen LogP contribution in [0, 0.1) is 0 Å². The van der Waals surface area contributed by atoms with Crippen LogP contribution in [0.2, 0.25) is 0 Å². The van der Waals surface area contributed by atoms with Gasteiger partial charge in [-0.1, -0.05) is 12.1 Å². The maximum atomic E-state index is 11.4. The number of nitrogens with one attached hydrogen (secondary N) is 2. The van der Waals surface area contributed by atoms with E-state index in [4.69, 9.17) is 4.42 Å². The number of aryl methyl sites for hydroxylation is 1. The van der Waals surface area contributed by atoms with E-state index in [0.717, 1.165) is 42.5 Å². The molecule has 0 spiro atoms. The lowest BCUT2D eigenvalue weighted by Gasteiger charge is -2.27. The normalized spacial score (nSPS) is 15.3. The van der Waals surface area contributed by atoms with Crippen LogP contribution in [0.1, 0.15) is 45.8 Å². The van der Waals surface area contributed by atoms with E-state index in [-0.39, 0.29) is 5.56 Å². The maximum absolute atomic E-state index is 11.4. The largest absolute Gasteiger partial charge is 0.478 e. The van der Waals surface area contributed by atoms with Crippen molar-refractivity contribution in [2.45, 2.75) is 31.7 Å². The molecule has 6 nitrogen and oxygen atoms in total. The number of aromatic nitrogens is 1. The van der Waals surface area contributed by atoms with Gasteiger partial charge in [0.05, 0.1) is 23.7 Å². The van der Waals surface area contributed by atoms with Crippen LogP contribution in [0.4, 0.5) is 11.4 Å². The summed E-state index contributed by atoms with van der Waals surface area (Å²) in [6.45, 7) is 1.44. The first kappa shape index (κ1) is 20.1. The van der Waals surface area contributed by atoms with Crippen LogP contribution in [0.3, 0.4) is 0 Å². The van der Waals surface area contributed by atoms with Gasteiger partial charge in [-0.2, -0.15) is 0 Å². The molecule has 32 heavy (non-hydrogen) atoms. The third-order valence-electron chi connectivity index (χ3n) is 6.19. The minimum absolute atomic E-state index is 0.254. The number of pyridine rings is 1. The molecular weight excluding hydrogens is 402 g/mol. The van der Waals surface area contributed by atoms with Crippen LogP contribution in [0.5, 0.6) is 0 Å². The van der Waals surface area contributed by atoms with Crippen molar-refractivity contribution in [3.8, 4) is 0 Å². The second-order valence-electron chi connectivity index (χ2n) is 8.26. The van der Waals surface area contributed by atoms with E-state index in [0.29, 0.717) is 18.2 Å². The number of fused-ring (bicyclic) bond motifs is 2. The van der Waals surface area contributed by atoms with Crippen LogP contribution in [0.25, 0.3) is 11.0 Å². The summed E-state index contributed by atoms with van der Waals surface area (Å²) >= 11 is 0. The summed E-state index contributed by atoms with van der Waals surface area (Å²) in [6, 6.07) is 16.4. The summed E-state index contributed by atoms with van der Waals surface area (Å²) in [6.07, 6.45) is 8.08. The van der Waals surface area contributed by atoms with Crippen molar-refractivity contribution in [2.24, 2.45) is 0 Å². The van der Waals surface area contributed by atoms with Gasteiger partial charge in [0.1, 0.15) is 5.58 Å². The molecule has 1 aliphatic carbocycles. The predicted octanol–water partition coefficient (Wildman–Crippen LogP) is 5.67. The maximum Gasteiger partial charge on any atom is 0.337 e. The summed E-state index contributed by atoms with van der Waals surface area (Å²) < 4.78 is 5.42. The molecule has 2 aromatic heterocycles. The summed E-state index contributed by atoms with van der Waals surface area (Å²) in [4.78, 5) is 15.5. The standard InChI is InChI=1S/C26H25N3O3/c30-26(31)23-8-10-27-16-24(23)29-15-20-3-1-2-18-13-21(5-6-22(18)20)28-14-17-4-7-25-19(12-17)9-11-32-25/h4-13,16,20,28-29H,1-3,14-15H2,(H,30,31)/t20-/m0/s1. The monoisotopic (exact) mass is 427 g/mol. The van der Waals surface area contributed by atoms with Crippen LogP contribution in [-0.4, -0.2) is 22.6 Å². The number of carboxylic acid groups (broad SMARTS) is 1. The minimum atomic E-state index is -0.943. The van der Waals surface area contributed by atoms with Crippen molar-refractivity contribution in [1.82, 2.24) is 4.98 Å². The summed E-state index contributed by atoms with van der Waals surface area (Å²) in [5, 5.41) is 17.4. The molecule has 4 aromatic rings. The number of hydrogen-bond donors (Lipinski definition) is 3. The van der Waals surface area contributed by atoms with Gasteiger partial charge in [0, 0.05) is 36.3 Å². The van der Waals surface area contributed by atoms with E-state index in [1.54, 1.807) is 12.5 Å². The van der Waals surface area contributed by atoms with E-state index in [9.17, 15) is 9.90 Å². The zero-order chi connectivity index (χ0) is 21.9. The van der Waals surface area contributed by atoms with Crippen LogP contribution in [-0.2, 0) is 13.0 Å². The molecule has 0 saturated heterocycles. The summed E-state index contributed by atoms with van der Waals surface area (Å²) in [7, 11) is 0. The predicted molar refractivity (Wildman–Crippen MR) is 125 cm³/mol. The Hall–Kier alpha value is -3.80. The van der Waals surface area contributed by atoms with Crippen LogP contribution >= 0.6 is 0 Å². The van der Waals surface area contributed by atoms with Crippen molar-refractivity contribution in [3.63, 3.8) is 0 Å². The smallest absolute Gasteiger partial charge is 0.337 e. The zero-order valence-corrected chi connectivity index (χ0v) is 17.7. The molecule has 0 saturated carbocycles. The number of benzene rings is 2. The zero-order valence-electron chi connectivity index (χ0n) is 17.7. The highest BCUT2D eigenvalue weighted by atomic mass is 16.4. The second-order valence-corrected chi connectivity index (χ2v) is 8.26. The van der Waals surface area contributed by atoms with Gasteiger partial charge in [-0.15, -0.1) is 0 Å². The van der Waals surface area contributed by atoms with Crippen molar-refractivity contribution in [3.05, 3.63) is 89.4 Å². The van der Waals surface area contributed by atoms with Gasteiger partial charge in [0.15, 0.2) is 0 Å². The Morgan fingerprint density at radius 3 is 2.97 bits per heavy atom. The first-order valence-electron chi connectivity index (χ1n) is 10.9. The number of carboxylic acids is 1. The second kappa shape index (κ2) is 8.75. The lowest BCUT2D eigenvalue weighted by Crippen LogP contribution is -2.19. The van der Waals surface area contributed by atoms with Gasteiger partial charge in [-0.05, 0) is 72.4 Å². The molecule has 0 fully saturated rings. The Bertz CT molecular complexity index is 1260. The molecule has 6 heteroatoms. The first-order valence-corrected chi connectivity index (χ1v) is 10.9. The fourth-order valence-corrected chi connectivity index (χ4v) is 4.52. The van der Waals surface area contributed by atoms with Gasteiger partial charge in [0.25, 0.3) is 0 Å². The fraction of sp³-hybridized carbons (Fsp3) is 0.231. The van der Waals surface area contributed by atoms with Crippen molar-refractivity contribution >= 4 is 28.3 Å². The minimum Gasteiger partial charge on any atom is -0.478 e. The molecule has 0 radical (unpaired) electrons. The molecule has 2 heterocycles. The lowest BCUT2D eigenvalue weighted by atomic mass is 9.82. The van der Waals surface area contributed by atoms with Gasteiger partial charge < -0.3 is 20.2 Å². The number of rotatable bonds is 7. The molecule has 0 bridgehead atoms. The fourth-order valence-electron chi connectivity index (χ4n) is 4.52. The highest BCUT2D eigenvalue weighted by Crippen LogP contribution is 2.34. The lowest BCUT2D eigenvalue weighted by molar-refractivity contribution is 0.0697. The molecule has 0 unspecified atom stereocenters. The number of anilines is 2. The van der Waals surface area contributed by atoms with Crippen molar-refractivity contribution < 1.29 is 14.3 Å². The van der Waals surface area contributed by atoms with Crippen LogP contribution < -0.4 is 10.6 Å². The van der Waals surface area contributed by atoms with E-state index in [2.05, 4.69) is 45.9 Å². The Kier molecular flexibility index (Phi) is 5.50. The molecule has 1 aliphatic rings. The van der Waals surface area contributed by atoms with E-state index < -0.39 is 5.97 Å². The van der Waals surface area contributed by atoms with Crippen molar-refractivity contribution in [2.75, 3.05) is 17.2 Å². The summed E-state index contributed by atoms with van der Waals surface area (Å²) in [5.41, 5.74) is 6.76. The Morgan fingerprint density at radius 1 is 1.12 bits per heavy atom. The molecule has 162 valence electrons. The van der Waals surface area contributed by atoms with E-state index in [1.165, 1.54) is 29.0 Å². The first-order chi connectivity index (χ1) is 15.7. The highest BCUT2D eigenvalue weighted by molar-refractivity contribution is 5.93. The van der Waals surface area contributed by atoms with Gasteiger partial charge in [-0.25, -0.2) is 4.79 Å². The molecular formula is C26H25N3O3. The Morgan fingerprint density at radius 2 is 2.06 bits per heavy atom. The van der Waals surface area contributed by atoms with Crippen LogP contribution in [0.15, 0.2) is 71.6 Å². The summed E-state index contributed by atoms with van der Waals surface area (Å²) in [5.74, 6) is -0.597. The van der Waals surface area contributed by atoms with Gasteiger partial charge in [0.2, 0.25) is 0 Å². The molecule has 2 aromatic carbocycles. The molecule has 0 amide bonds. The Balaban J connectivity index is 1.26. The molecule has 1 atom stereocenters. The average Bonchev–Trinajstić information content (AvgIpc) is 3.29.